The molecular weight excluding hydrogens is 261 g/mol. The van der Waals surface area contributed by atoms with E-state index in [0.29, 0.717) is 6.07 Å². The minimum absolute atomic E-state index is 0.00330. The van der Waals surface area contributed by atoms with Crippen LogP contribution < -0.4 is 5.73 Å². The summed E-state index contributed by atoms with van der Waals surface area (Å²) in [7, 11) is 0. The van der Waals surface area contributed by atoms with Gasteiger partial charge in [-0.2, -0.15) is 0 Å². The van der Waals surface area contributed by atoms with Crippen LogP contribution in [0.4, 0.5) is 18.0 Å². The number of hydrogen-bond acceptors (Lipinski definition) is 2. The molecule has 3 N–H and O–H groups in total. The molecule has 1 amide bonds. The Kier molecular flexibility index (Phi) is 3.66. The number of benzene rings is 1. The topological polar surface area (TPSA) is 66.6 Å². The highest BCUT2D eigenvalue weighted by Gasteiger charge is 2.32. The zero-order valence-electron chi connectivity index (χ0n) is 9.94. The first-order valence-corrected chi connectivity index (χ1v) is 5.78. The number of halogens is 3. The quantitative estimate of drug-likeness (QED) is 0.769. The third-order valence-electron chi connectivity index (χ3n) is 3.37. The van der Waals surface area contributed by atoms with Crippen LogP contribution in [0, 0.1) is 17.5 Å². The normalized spacial score (nSPS) is 23.5. The van der Waals surface area contributed by atoms with Gasteiger partial charge in [0, 0.05) is 31.1 Å². The van der Waals surface area contributed by atoms with Crippen LogP contribution in [0.5, 0.6) is 0 Å². The van der Waals surface area contributed by atoms with Crippen molar-refractivity contribution in [2.45, 2.75) is 18.4 Å². The second-order valence-electron chi connectivity index (χ2n) is 4.58. The van der Waals surface area contributed by atoms with Gasteiger partial charge in [0.05, 0.1) is 0 Å². The Morgan fingerprint density at radius 2 is 1.89 bits per heavy atom. The number of piperidine rings is 1. The standard InChI is InChI=1S/C12H13F3N2O2/c13-8-4-10(15)9(14)3-7(8)6-1-2-17(12(18)19)5-11(6)16/h3-4,6,11H,1-2,5,16H2,(H,18,19)/t6-,11+/m1/s1. The Labute approximate surface area is 107 Å². The van der Waals surface area contributed by atoms with E-state index in [-0.39, 0.29) is 25.1 Å². The van der Waals surface area contributed by atoms with E-state index in [4.69, 9.17) is 10.8 Å². The predicted molar refractivity (Wildman–Crippen MR) is 61.2 cm³/mol. The maximum absolute atomic E-state index is 13.7. The number of carbonyl (C=O) groups is 1. The summed E-state index contributed by atoms with van der Waals surface area (Å²) in [5.74, 6) is -3.77. The molecule has 1 aliphatic heterocycles. The van der Waals surface area contributed by atoms with Gasteiger partial charge in [-0.15, -0.1) is 0 Å². The summed E-state index contributed by atoms with van der Waals surface area (Å²) >= 11 is 0. The number of amides is 1. The Balaban J connectivity index is 2.24. The summed E-state index contributed by atoms with van der Waals surface area (Å²) in [6.07, 6.45) is -0.824. The van der Waals surface area contributed by atoms with E-state index in [2.05, 4.69) is 0 Å². The molecule has 0 spiro atoms. The van der Waals surface area contributed by atoms with E-state index in [1.54, 1.807) is 0 Å². The van der Waals surface area contributed by atoms with Crippen molar-refractivity contribution in [3.05, 3.63) is 35.1 Å². The minimum Gasteiger partial charge on any atom is -0.465 e. The molecule has 104 valence electrons. The van der Waals surface area contributed by atoms with Crippen molar-refractivity contribution in [2.75, 3.05) is 13.1 Å². The zero-order chi connectivity index (χ0) is 14.2. The zero-order valence-corrected chi connectivity index (χ0v) is 9.94. The number of rotatable bonds is 1. The largest absolute Gasteiger partial charge is 0.465 e. The molecule has 0 saturated carbocycles. The minimum atomic E-state index is -1.25. The highest BCUT2D eigenvalue weighted by molar-refractivity contribution is 5.65. The molecule has 0 unspecified atom stereocenters. The van der Waals surface area contributed by atoms with Crippen LogP contribution in [0.2, 0.25) is 0 Å². The van der Waals surface area contributed by atoms with Crippen molar-refractivity contribution >= 4 is 6.09 Å². The second-order valence-corrected chi connectivity index (χ2v) is 4.58. The first-order valence-electron chi connectivity index (χ1n) is 5.78. The average molecular weight is 274 g/mol. The monoisotopic (exact) mass is 274 g/mol. The SMILES string of the molecule is N[C@H]1CN(C(=O)O)CC[C@@H]1c1cc(F)c(F)cc1F. The van der Waals surface area contributed by atoms with Crippen molar-refractivity contribution in [1.29, 1.82) is 0 Å². The van der Waals surface area contributed by atoms with E-state index < -0.39 is 35.5 Å². The van der Waals surface area contributed by atoms with Crippen molar-refractivity contribution in [2.24, 2.45) is 5.73 Å². The lowest BCUT2D eigenvalue weighted by Crippen LogP contribution is -2.49. The summed E-state index contributed by atoms with van der Waals surface area (Å²) in [5.41, 5.74) is 5.81. The number of hydrogen-bond donors (Lipinski definition) is 2. The van der Waals surface area contributed by atoms with Gasteiger partial charge >= 0.3 is 6.09 Å². The number of carboxylic acid groups (broad SMARTS) is 1. The first-order chi connectivity index (χ1) is 8.90. The number of likely N-dealkylation sites (tertiary alicyclic amines) is 1. The van der Waals surface area contributed by atoms with E-state index in [1.165, 1.54) is 0 Å². The fourth-order valence-electron chi connectivity index (χ4n) is 2.36. The molecule has 1 aromatic rings. The lowest BCUT2D eigenvalue weighted by molar-refractivity contribution is 0.125. The van der Waals surface area contributed by atoms with Gasteiger partial charge in [0.1, 0.15) is 5.82 Å². The lowest BCUT2D eigenvalue weighted by atomic mass is 9.85. The summed E-state index contributed by atoms with van der Waals surface area (Å²) in [6, 6.07) is 0.635. The summed E-state index contributed by atoms with van der Waals surface area (Å²) < 4.78 is 39.7. The number of nitrogens with two attached hydrogens (primary N) is 1. The third kappa shape index (κ3) is 2.65. The summed E-state index contributed by atoms with van der Waals surface area (Å²) in [4.78, 5) is 11.9. The molecule has 1 heterocycles. The van der Waals surface area contributed by atoms with Crippen molar-refractivity contribution < 1.29 is 23.1 Å². The molecular formula is C12H13F3N2O2. The van der Waals surface area contributed by atoms with E-state index in [9.17, 15) is 18.0 Å². The van der Waals surface area contributed by atoms with E-state index in [0.717, 1.165) is 11.0 Å². The molecule has 19 heavy (non-hydrogen) atoms. The smallest absolute Gasteiger partial charge is 0.407 e. The molecule has 1 aromatic carbocycles. The van der Waals surface area contributed by atoms with Gasteiger partial charge in [-0.3, -0.25) is 0 Å². The van der Waals surface area contributed by atoms with Gasteiger partial charge in [-0.05, 0) is 18.1 Å². The summed E-state index contributed by atoms with van der Waals surface area (Å²) in [5, 5.41) is 8.83. The Hall–Kier alpha value is -1.76. The average Bonchev–Trinajstić information content (AvgIpc) is 2.34. The van der Waals surface area contributed by atoms with Gasteiger partial charge in [0.15, 0.2) is 11.6 Å². The fraction of sp³-hybridized carbons (Fsp3) is 0.417. The predicted octanol–water partition coefficient (Wildman–Crippen LogP) is 1.90. The van der Waals surface area contributed by atoms with Crippen molar-refractivity contribution in [3.63, 3.8) is 0 Å². The van der Waals surface area contributed by atoms with Gasteiger partial charge in [0.25, 0.3) is 0 Å². The van der Waals surface area contributed by atoms with Crippen LogP contribution in [-0.2, 0) is 0 Å². The van der Waals surface area contributed by atoms with Crippen LogP contribution in [0.25, 0.3) is 0 Å². The van der Waals surface area contributed by atoms with Gasteiger partial charge in [-0.1, -0.05) is 0 Å². The molecule has 4 nitrogen and oxygen atoms in total. The Bertz CT molecular complexity index is 510. The maximum atomic E-state index is 13.7. The fourth-order valence-corrected chi connectivity index (χ4v) is 2.36. The lowest BCUT2D eigenvalue weighted by Gasteiger charge is -2.35. The molecule has 7 heteroatoms. The number of nitrogens with zero attached hydrogens (tertiary/aromatic N) is 1. The van der Waals surface area contributed by atoms with Crippen LogP contribution in [0.1, 0.15) is 17.9 Å². The first kappa shape index (κ1) is 13.7. The van der Waals surface area contributed by atoms with Gasteiger partial charge in [0.2, 0.25) is 0 Å². The third-order valence-corrected chi connectivity index (χ3v) is 3.37. The molecule has 2 atom stereocenters. The molecule has 0 bridgehead atoms. The van der Waals surface area contributed by atoms with Crippen LogP contribution in [-0.4, -0.2) is 35.2 Å². The van der Waals surface area contributed by atoms with E-state index in [1.807, 2.05) is 0 Å². The molecule has 1 saturated heterocycles. The molecule has 1 fully saturated rings. The Morgan fingerprint density at radius 1 is 1.26 bits per heavy atom. The maximum Gasteiger partial charge on any atom is 0.407 e. The highest BCUT2D eigenvalue weighted by atomic mass is 19.2. The Morgan fingerprint density at radius 3 is 2.47 bits per heavy atom. The van der Waals surface area contributed by atoms with Crippen molar-refractivity contribution in [1.82, 2.24) is 4.90 Å². The summed E-state index contributed by atoms with van der Waals surface area (Å²) in [6.45, 7) is 0.227. The van der Waals surface area contributed by atoms with Crippen LogP contribution in [0.15, 0.2) is 12.1 Å². The molecule has 1 aliphatic rings. The molecule has 0 radical (unpaired) electrons. The highest BCUT2D eigenvalue weighted by Crippen LogP contribution is 2.30. The van der Waals surface area contributed by atoms with Crippen LogP contribution >= 0.6 is 0 Å². The van der Waals surface area contributed by atoms with E-state index >= 15 is 0 Å². The van der Waals surface area contributed by atoms with Crippen molar-refractivity contribution in [3.8, 4) is 0 Å². The molecule has 2 rings (SSSR count). The molecule has 0 aliphatic carbocycles. The van der Waals surface area contributed by atoms with Gasteiger partial charge in [-0.25, -0.2) is 18.0 Å². The van der Waals surface area contributed by atoms with Gasteiger partial charge < -0.3 is 15.7 Å². The van der Waals surface area contributed by atoms with Crippen LogP contribution in [0.3, 0.4) is 0 Å². The second kappa shape index (κ2) is 5.08. The molecule has 0 aromatic heterocycles.